The Morgan fingerprint density at radius 3 is 2.38 bits per heavy atom. The summed E-state index contributed by atoms with van der Waals surface area (Å²) in [6, 6.07) is 7.85. The Labute approximate surface area is 125 Å². The predicted octanol–water partition coefficient (Wildman–Crippen LogP) is 2.70. The molecule has 0 saturated carbocycles. The number of nitrogens with zero attached hydrogens (tertiary/aromatic N) is 1. The average Bonchev–Trinajstić information content (AvgIpc) is 2.45. The van der Waals surface area contributed by atoms with Crippen molar-refractivity contribution in [3.05, 3.63) is 58.9 Å². The molecule has 2 rings (SSSR count). The summed E-state index contributed by atoms with van der Waals surface area (Å²) in [5.41, 5.74) is 4.31. The number of benzene rings is 1. The summed E-state index contributed by atoms with van der Waals surface area (Å²) in [6.07, 6.45) is 3.41. The van der Waals surface area contributed by atoms with E-state index < -0.39 is 0 Å². The Balaban J connectivity index is 1.87. The van der Waals surface area contributed by atoms with Gasteiger partial charge in [-0.05, 0) is 49.6 Å². The number of carbonyl (C=O) groups is 1. The lowest BCUT2D eigenvalue weighted by atomic mass is 10.1. The molecule has 0 spiro atoms. The van der Waals surface area contributed by atoms with E-state index in [1.807, 2.05) is 32.9 Å². The molecule has 0 aliphatic heterocycles. The molecule has 1 aromatic heterocycles. The fourth-order valence-corrected chi connectivity index (χ4v) is 2.28. The lowest BCUT2D eigenvalue weighted by Crippen LogP contribution is -2.28. The molecule has 0 radical (unpaired) electrons. The highest BCUT2D eigenvalue weighted by Gasteiger charge is 2.08. The van der Waals surface area contributed by atoms with Gasteiger partial charge in [-0.2, -0.15) is 0 Å². The van der Waals surface area contributed by atoms with Gasteiger partial charge in [0.15, 0.2) is 6.61 Å². The fraction of sp³-hybridized carbons (Fsp3) is 0.294. The number of hydrogen-bond acceptors (Lipinski definition) is 3. The number of pyridine rings is 1. The number of ether oxygens (including phenoxy) is 1. The smallest absolute Gasteiger partial charge is 0.258 e. The number of nitrogens with one attached hydrogen (secondary N) is 1. The van der Waals surface area contributed by atoms with Gasteiger partial charge < -0.3 is 10.1 Å². The largest absolute Gasteiger partial charge is 0.483 e. The van der Waals surface area contributed by atoms with E-state index in [2.05, 4.69) is 22.4 Å². The van der Waals surface area contributed by atoms with Crippen LogP contribution in [0.5, 0.6) is 5.75 Å². The van der Waals surface area contributed by atoms with Gasteiger partial charge in [0, 0.05) is 18.9 Å². The molecule has 21 heavy (non-hydrogen) atoms. The van der Waals surface area contributed by atoms with Gasteiger partial charge in [0.1, 0.15) is 5.75 Å². The summed E-state index contributed by atoms with van der Waals surface area (Å²) in [4.78, 5) is 15.8. The molecule has 0 fully saturated rings. The van der Waals surface area contributed by atoms with E-state index in [-0.39, 0.29) is 12.5 Å². The van der Waals surface area contributed by atoms with Crippen LogP contribution < -0.4 is 10.1 Å². The van der Waals surface area contributed by atoms with Crippen molar-refractivity contribution in [3.63, 3.8) is 0 Å². The van der Waals surface area contributed by atoms with Crippen molar-refractivity contribution in [2.24, 2.45) is 0 Å². The number of rotatable bonds is 5. The number of hydrogen-bond donors (Lipinski definition) is 1. The third-order valence-corrected chi connectivity index (χ3v) is 3.19. The topological polar surface area (TPSA) is 51.2 Å². The number of carbonyl (C=O) groups excluding carboxylic acids is 1. The second kappa shape index (κ2) is 6.88. The van der Waals surface area contributed by atoms with Crippen molar-refractivity contribution in [3.8, 4) is 5.75 Å². The third-order valence-electron chi connectivity index (χ3n) is 3.19. The molecule has 1 N–H and O–H groups in total. The van der Waals surface area contributed by atoms with E-state index in [9.17, 15) is 4.79 Å². The Morgan fingerprint density at radius 1 is 1.14 bits per heavy atom. The normalized spacial score (nSPS) is 10.2. The summed E-state index contributed by atoms with van der Waals surface area (Å²) < 4.78 is 5.65. The molecule has 0 aliphatic rings. The predicted molar refractivity (Wildman–Crippen MR) is 82.2 cm³/mol. The van der Waals surface area contributed by atoms with Crippen LogP contribution in [0.15, 0.2) is 36.7 Å². The molecule has 1 aromatic carbocycles. The second-order valence-corrected chi connectivity index (χ2v) is 5.15. The van der Waals surface area contributed by atoms with E-state index in [1.165, 1.54) is 5.56 Å². The number of aromatic nitrogens is 1. The van der Waals surface area contributed by atoms with Gasteiger partial charge >= 0.3 is 0 Å². The van der Waals surface area contributed by atoms with E-state index in [4.69, 9.17) is 4.74 Å². The van der Waals surface area contributed by atoms with Crippen LogP contribution in [-0.4, -0.2) is 17.5 Å². The minimum Gasteiger partial charge on any atom is -0.483 e. The highest BCUT2D eigenvalue weighted by molar-refractivity contribution is 5.77. The first-order valence-corrected chi connectivity index (χ1v) is 6.92. The molecule has 0 saturated heterocycles. The van der Waals surface area contributed by atoms with Crippen molar-refractivity contribution >= 4 is 5.91 Å². The Bertz CT molecular complexity index is 601. The second-order valence-electron chi connectivity index (χ2n) is 5.15. The minimum absolute atomic E-state index is 0.0236. The Hall–Kier alpha value is -2.36. The molecular weight excluding hydrogens is 264 g/mol. The van der Waals surface area contributed by atoms with Crippen molar-refractivity contribution in [2.75, 3.05) is 6.61 Å². The fourth-order valence-electron chi connectivity index (χ4n) is 2.28. The molecule has 0 bridgehead atoms. The van der Waals surface area contributed by atoms with Crippen LogP contribution in [0.25, 0.3) is 0 Å². The van der Waals surface area contributed by atoms with Gasteiger partial charge in [0.2, 0.25) is 0 Å². The molecule has 0 unspecified atom stereocenters. The van der Waals surface area contributed by atoms with Gasteiger partial charge in [0.05, 0.1) is 0 Å². The van der Waals surface area contributed by atoms with Gasteiger partial charge in [-0.1, -0.05) is 17.7 Å². The van der Waals surface area contributed by atoms with Gasteiger partial charge in [-0.3, -0.25) is 9.78 Å². The van der Waals surface area contributed by atoms with Crippen LogP contribution in [-0.2, 0) is 11.3 Å². The van der Waals surface area contributed by atoms with E-state index in [1.54, 1.807) is 12.4 Å². The number of amides is 1. The molecule has 4 heteroatoms. The molecule has 2 aromatic rings. The highest BCUT2D eigenvalue weighted by Crippen LogP contribution is 2.24. The van der Waals surface area contributed by atoms with Crippen molar-refractivity contribution in [1.29, 1.82) is 0 Å². The monoisotopic (exact) mass is 284 g/mol. The van der Waals surface area contributed by atoms with Crippen molar-refractivity contribution in [2.45, 2.75) is 27.3 Å². The molecule has 110 valence electrons. The zero-order valence-electron chi connectivity index (χ0n) is 12.6. The van der Waals surface area contributed by atoms with Crippen LogP contribution in [0.1, 0.15) is 22.3 Å². The van der Waals surface area contributed by atoms with Gasteiger partial charge in [-0.25, -0.2) is 0 Å². The summed E-state index contributed by atoms with van der Waals surface area (Å²) in [5.74, 6) is 0.658. The molecular formula is C17H20N2O2. The van der Waals surface area contributed by atoms with Crippen LogP contribution in [0.3, 0.4) is 0 Å². The minimum atomic E-state index is -0.133. The zero-order valence-corrected chi connectivity index (χ0v) is 12.6. The summed E-state index contributed by atoms with van der Waals surface area (Å²) in [6.45, 7) is 6.53. The van der Waals surface area contributed by atoms with E-state index >= 15 is 0 Å². The highest BCUT2D eigenvalue weighted by atomic mass is 16.5. The van der Waals surface area contributed by atoms with Gasteiger partial charge in [-0.15, -0.1) is 0 Å². The van der Waals surface area contributed by atoms with Crippen LogP contribution in [0.4, 0.5) is 0 Å². The van der Waals surface area contributed by atoms with Crippen LogP contribution in [0.2, 0.25) is 0 Å². The first-order valence-electron chi connectivity index (χ1n) is 6.92. The molecule has 4 nitrogen and oxygen atoms in total. The zero-order chi connectivity index (χ0) is 15.2. The van der Waals surface area contributed by atoms with E-state index in [0.717, 1.165) is 22.4 Å². The maximum Gasteiger partial charge on any atom is 0.258 e. The quantitative estimate of drug-likeness (QED) is 0.918. The Morgan fingerprint density at radius 2 is 1.76 bits per heavy atom. The molecule has 0 aliphatic carbocycles. The first kappa shape index (κ1) is 15.0. The van der Waals surface area contributed by atoms with Crippen molar-refractivity contribution in [1.82, 2.24) is 10.3 Å². The van der Waals surface area contributed by atoms with Crippen molar-refractivity contribution < 1.29 is 9.53 Å². The lowest BCUT2D eigenvalue weighted by molar-refractivity contribution is -0.123. The van der Waals surface area contributed by atoms with Crippen LogP contribution in [0, 0.1) is 20.8 Å². The van der Waals surface area contributed by atoms with Gasteiger partial charge in [0.25, 0.3) is 5.91 Å². The maximum absolute atomic E-state index is 11.8. The Kier molecular flexibility index (Phi) is 4.93. The summed E-state index contributed by atoms with van der Waals surface area (Å²) in [7, 11) is 0. The SMILES string of the molecule is Cc1cc(C)c(OCC(=O)NCc2ccncc2)c(C)c1. The summed E-state index contributed by atoms with van der Waals surface area (Å²) in [5, 5.41) is 2.83. The number of aryl methyl sites for hydroxylation is 3. The lowest BCUT2D eigenvalue weighted by Gasteiger charge is -2.13. The first-order chi connectivity index (χ1) is 10.1. The van der Waals surface area contributed by atoms with E-state index in [0.29, 0.717) is 6.54 Å². The van der Waals surface area contributed by atoms with Crippen LogP contribution >= 0.6 is 0 Å². The average molecular weight is 284 g/mol. The standard InChI is InChI=1S/C17H20N2O2/c1-12-8-13(2)17(14(3)9-12)21-11-16(20)19-10-15-4-6-18-7-5-15/h4-9H,10-11H2,1-3H3,(H,19,20). The molecule has 0 atom stereocenters. The molecule has 1 heterocycles. The summed E-state index contributed by atoms with van der Waals surface area (Å²) >= 11 is 0. The maximum atomic E-state index is 11.8. The third kappa shape index (κ3) is 4.31. The molecule has 1 amide bonds.